The van der Waals surface area contributed by atoms with Crippen LogP contribution in [0.3, 0.4) is 0 Å². The maximum atomic E-state index is 12.4. The number of rotatable bonds is 3. The Kier molecular flexibility index (Phi) is 4.18. The summed E-state index contributed by atoms with van der Waals surface area (Å²) in [6.45, 7) is 0. The molecular formula is C16H13F3N4O3. The average Bonchev–Trinajstić information content (AvgIpc) is 2.58. The molecule has 0 spiro atoms. The molecule has 3 rings (SSSR count). The number of aromatic nitrogens is 3. The number of anilines is 2. The first-order chi connectivity index (χ1) is 12.2. The van der Waals surface area contributed by atoms with Gasteiger partial charge in [0.05, 0.1) is 5.69 Å². The van der Waals surface area contributed by atoms with E-state index >= 15 is 0 Å². The number of fused-ring (bicyclic) bond motifs is 1. The van der Waals surface area contributed by atoms with Crippen LogP contribution in [0.4, 0.5) is 24.5 Å². The second-order valence-corrected chi connectivity index (χ2v) is 5.46. The Bertz CT molecular complexity index is 1090. The minimum atomic E-state index is -4.77. The zero-order valence-corrected chi connectivity index (χ0v) is 13.7. The molecule has 0 amide bonds. The van der Waals surface area contributed by atoms with Crippen LogP contribution in [-0.2, 0) is 14.1 Å². The van der Waals surface area contributed by atoms with Gasteiger partial charge in [-0.25, -0.2) is 9.78 Å². The number of benzene rings is 1. The summed E-state index contributed by atoms with van der Waals surface area (Å²) in [5.74, 6) is -0.360. The minimum Gasteiger partial charge on any atom is -0.406 e. The number of nitrogens with zero attached hydrogens (tertiary/aromatic N) is 3. The summed E-state index contributed by atoms with van der Waals surface area (Å²) in [6.07, 6.45) is -3.35. The molecule has 0 aliphatic rings. The summed E-state index contributed by atoms with van der Waals surface area (Å²) in [5.41, 5.74) is -0.0460. The van der Waals surface area contributed by atoms with Crippen LogP contribution in [0.15, 0.2) is 46.1 Å². The van der Waals surface area contributed by atoms with Crippen LogP contribution in [0.1, 0.15) is 0 Å². The van der Waals surface area contributed by atoms with Crippen molar-refractivity contribution in [2.24, 2.45) is 14.1 Å². The Hall–Kier alpha value is -3.30. The first-order valence-electron chi connectivity index (χ1n) is 7.35. The summed E-state index contributed by atoms with van der Waals surface area (Å²) in [5, 5.41) is 3.13. The van der Waals surface area contributed by atoms with E-state index in [1.54, 1.807) is 0 Å². The number of nitrogens with one attached hydrogen (secondary N) is 1. The van der Waals surface area contributed by atoms with Gasteiger partial charge in [0.1, 0.15) is 11.1 Å². The highest BCUT2D eigenvalue weighted by atomic mass is 19.4. The minimum absolute atomic E-state index is 0.188. The Morgan fingerprint density at radius 1 is 1.04 bits per heavy atom. The molecule has 0 unspecified atom stereocenters. The van der Waals surface area contributed by atoms with Gasteiger partial charge in [-0.15, -0.1) is 13.2 Å². The van der Waals surface area contributed by atoms with Crippen molar-refractivity contribution in [2.75, 3.05) is 5.32 Å². The van der Waals surface area contributed by atoms with Crippen LogP contribution >= 0.6 is 0 Å². The zero-order valence-electron chi connectivity index (χ0n) is 13.7. The molecule has 0 aliphatic carbocycles. The number of ether oxygens (including phenoxy) is 1. The highest BCUT2D eigenvalue weighted by Crippen LogP contribution is 2.26. The van der Waals surface area contributed by atoms with E-state index in [1.807, 2.05) is 0 Å². The average molecular weight is 366 g/mol. The maximum absolute atomic E-state index is 12.4. The smallest absolute Gasteiger partial charge is 0.406 e. The monoisotopic (exact) mass is 366 g/mol. The van der Waals surface area contributed by atoms with Crippen molar-refractivity contribution in [1.29, 1.82) is 0 Å². The van der Waals surface area contributed by atoms with Gasteiger partial charge in [-0.3, -0.25) is 13.9 Å². The molecule has 136 valence electrons. The molecule has 2 heterocycles. The van der Waals surface area contributed by atoms with E-state index in [0.29, 0.717) is 11.4 Å². The second-order valence-electron chi connectivity index (χ2n) is 5.46. The molecule has 7 nitrogen and oxygen atoms in total. The predicted molar refractivity (Wildman–Crippen MR) is 88.6 cm³/mol. The van der Waals surface area contributed by atoms with Crippen molar-refractivity contribution in [3.05, 3.63) is 57.4 Å². The lowest BCUT2D eigenvalue weighted by Gasteiger charge is -2.13. The number of aryl methyl sites for hydroxylation is 1. The van der Waals surface area contributed by atoms with Crippen LogP contribution in [0.2, 0.25) is 0 Å². The third-order valence-electron chi connectivity index (χ3n) is 3.71. The molecule has 0 atom stereocenters. The lowest BCUT2D eigenvalue weighted by molar-refractivity contribution is -0.274. The summed E-state index contributed by atoms with van der Waals surface area (Å²) in [7, 11) is 2.84. The number of hydrogen-bond donors (Lipinski definition) is 1. The molecule has 0 saturated carbocycles. The van der Waals surface area contributed by atoms with Crippen molar-refractivity contribution < 1.29 is 17.9 Å². The van der Waals surface area contributed by atoms with Crippen LogP contribution in [-0.4, -0.2) is 20.5 Å². The van der Waals surface area contributed by atoms with Crippen LogP contribution in [0.25, 0.3) is 11.0 Å². The number of alkyl halides is 3. The first-order valence-corrected chi connectivity index (χ1v) is 7.35. The highest BCUT2D eigenvalue weighted by molar-refractivity contribution is 5.90. The molecule has 10 heteroatoms. The molecule has 1 aromatic carbocycles. The molecule has 0 aliphatic heterocycles. The van der Waals surface area contributed by atoms with E-state index in [9.17, 15) is 22.8 Å². The fourth-order valence-corrected chi connectivity index (χ4v) is 2.49. The van der Waals surface area contributed by atoms with Gasteiger partial charge in [-0.2, -0.15) is 0 Å². The Labute approximate surface area is 144 Å². The zero-order chi connectivity index (χ0) is 19.1. The largest absolute Gasteiger partial charge is 0.573 e. The molecule has 0 bridgehead atoms. The van der Waals surface area contributed by atoms with E-state index in [2.05, 4.69) is 15.0 Å². The Morgan fingerprint density at radius 2 is 1.69 bits per heavy atom. The summed E-state index contributed by atoms with van der Waals surface area (Å²) >= 11 is 0. The van der Waals surface area contributed by atoms with Gasteiger partial charge < -0.3 is 10.1 Å². The molecule has 2 aromatic heterocycles. The standard InChI is InChI=1S/C16H13F3N4O3/c1-22-13-12(14(24)23(2)15(22)25)11(7-8-20-13)21-9-3-5-10(6-4-9)26-16(17,18)19/h3-8H,1-2H3,(H,20,21). The molecule has 1 N–H and O–H groups in total. The molecular weight excluding hydrogens is 353 g/mol. The SMILES string of the molecule is Cn1c(=O)c2c(Nc3ccc(OC(F)(F)F)cc3)ccnc2n(C)c1=O. The van der Waals surface area contributed by atoms with Gasteiger partial charge >= 0.3 is 12.1 Å². The van der Waals surface area contributed by atoms with Gasteiger partial charge in [-0.1, -0.05) is 0 Å². The van der Waals surface area contributed by atoms with Gasteiger partial charge in [-0.05, 0) is 30.3 Å². The van der Waals surface area contributed by atoms with E-state index < -0.39 is 17.6 Å². The highest BCUT2D eigenvalue weighted by Gasteiger charge is 2.30. The molecule has 3 aromatic rings. The summed E-state index contributed by atoms with van der Waals surface area (Å²) in [4.78, 5) is 28.5. The lowest BCUT2D eigenvalue weighted by Crippen LogP contribution is -2.37. The third-order valence-corrected chi connectivity index (χ3v) is 3.71. The van der Waals surface area contributed by atoms with Gasteiger partial charge in [0.25, 0.3) is 5.56 Å². The van der Waals surface area contributed by atoms with Gasteiger partial charge in [0, 0.05) is 26.0 Å². The van der Waals surface area contributed by atoms with Crippen molar-refractivity contribution in [1.82, 2.24) is 14.1 Å². The number of hydrogen-bond acceptors (Lipinski definition) is 5. The quantitative estimate of drug-likeness (QED) is 0.770. The fourth-order valence-electron chi connectivity index (χ4n) is 2.49. The molecule has 0 radical (unpaired) electrons. The van der Waals surface area contributed by atoms with Crippen molar-refractivity contribution in [3.63, 3.8) is 0 Å². The van der Waals surface area contributed by atoms with Crippen LogP contribution < -0.4 is 21.3 Å². The normalized spacial score (nSPS) is 11.6. The molecule has 26 heavy (non-hydrogen) atoms. The third kappa shape index (κ3) is 3.25. The van der Waals surface area contributed by atoms with Crippen molar-refractivity contribution >= 4 is 22.4 Å². The fraction of sp³-hybridized carbons (Fsp3) is 0.188. The van der Waals surface area contributed by atoms with Gasteiger partial charge in [0.2, 0.25) is 0 Å². The topological polar surface area (TPSA) is 78.2 Å². The van der Waals surface area contributed by atoms with Gasteiger partial charge in [0.15, 0.2) is 5.65 Å². The van der Waals surface area contributed by atoms with Crippen molar-refractivity contribution in [2.45, 2.75) is 6.36 Å². The Balaban J connectivity index is 2.02. The molecule has 0 saturated heterocycles. The lowest BCUT2D eigenvalue weighted by atomic mass is 10.2. The predicted octanol–water partition coefficient (Wildman–Crippen LogP) is 2.27. The number of pyridine rings is 1. The van der Waals surface area contributed by atoms with Crippen LogP contribution in [0.5, 0.6) is 5.75 Å². The summed E-state index contributed by atoms with van der Waals surface area (Å²) in [6, 6.07) is 6.58. The first kappa shape index (κ1) is 17.5. The van der Waals surface area contributed by atoms with Crippen LogP contribution in [0, 0.1) is 0 Å². The van der Waals surface area contributed by atoms with E-state index in [0.717, 1.165) is 16.7 Å². The molecule has 0 fully saturated rings. The van der Waals surface area contributed by atoms with E-state index in [1.165, 1.54) is 43.1 Å². The second kappa shape index (κ2) is 6.21. The Morgan fingerprint density at radius 3 is 2.31 bits per heavy atom. The summed E-state index contributed by atoms with van der Waals surface area (Å²) < 4.78 is 42.6. The van der Waals surface area contributed by atoms with E-state index in [4.69, 9.17) is 0 Å². The van der Waals surface area contributed by atoms with E-state index in [-0.39, 0.29) is 16.8 Å². The number of halogens is 3. The maximum Gasteiger partial charge on any atom is 0.573 e. The van der Waals surface area contributed by atoms with Crippen molar-refractivity contribution in [3.8, 4) is 5.75 Å².